The van der Waals surface area contributed by atoms with E-state index in [4.69, 9.17) is 23.2 Å². The first kappa shape index (κ1) is 13.3. The van der Waals surface area contributed by atoms with Gasteiger partial charge in [-0.2, -0.15) is 0 Å². The van der Waals surface area contributed by atoms with Gasteiger partial charge in [-0.1, -0.05) is 23.2 Å². The number of hydrogen-bond acceptors (Lipinski definition) is 4. The van der Waals surface area contributed by atoms with Crippen molar-refractivity contribution in [3.63, 3.8) is 0 Å². The van der Waals surface area contributed by atoms with Crippen molar-refractivity contribution < 1.29 is 9.90 Å². The second-order valence-electron chi connectivity index (χ2n) is 4.19. The smallest absolute Gasteiger partial charge is 0.179 e. The second kappa shape index (κ2) is 5.67. The van der Waals surface area contributed by atoms with Crippen LogP contribution in [0.4, 0.5) is 0 Å². The van der Waals surface area contributed by atoms with Crippen LogP contribution in [-0.2, 0) is 0 Å². The van der Waals surface area contributed by atoms with E-state index in [1.807, 2.05) is 4.90 Å². The minimum atomic E-state index is -0.321. The van der Waals surface area contributed by atoms with E-state index >= 15 is 0 Å². The van der Waals surface area contributed by atoms with Crippen LogP contribution in [-0.4, -0.2) is 41.5 Å². The Hall–Kier alpha value is -0.130. The van der Waals surface area contributed by atoms with Gasteiger partial charge in [-0.3, -0.25) is 9.69 Å². The lowest BCUT2D eigenvalue weighted by atomic mass is 10.1. The standard InChI is InChI=1S/C11H13Cl2NO2S/c12-10-4-8(11(13)17-10)9(16)6-14-3-1-2-7(15)5-14/h4,7,15H,1-3,5-6H2. The molecule has 3 nitrogen and oxygen atoms in total. The van der Waals surface area contributed by atoms with Crippen LogP contribution in [0.5, 0.6) is 0 Å². The second-order valence-corrected chi connectivity index (χ2v) is 6.48. The molecule has 1 fully saturated rings. The molecular formula is C11H13Cl2NO2S. The number of β-amino-alcohol motifs (C(OH)–C–C–N with tert-alkyl or cyclic N) is 1. The summed E-state index contributed by atoms with van der Waals surface area (Å²) in [6.07, 6.45) is 1.42. The van der Waals surface area contributed by atoms with Crippen molar-refractivity contribution in [1.82, 2.24) is 4.90 Å². The van der Waals surface area contributed by atoms with Crippen LogP contribution >= 0.6 is 34.5 Å². The minimum absolute atomic E-state index is 0.0350. The zero-order chi connectivity index (χ0) is 12.4. The first-order valence-electron chi connectivity index (χ1n) is 5.44. The fourth-order valence-electron chi connectivity index (χ4n) is 1.99. The first-order chi connectivity index (χ1) is 8.06. The van der Waals surface area contributed by atoms with Crippen molar-refractivity contribution in [3.05, 3.63) is 20.3 Å². The van der Waals surface area contributed by atoms with Crippen LogP contribution in [0.3, 0.4) is 0 Å². The summed E-state index contributed by atoms with van der Waals surface area (Å²) < 4.78 is 0.967. The fraction of sp³-hybridized carbons (Fsp3) is 0.545. The fourth-order valence-corrected chi connectivity index (χ4v) is 3.49. The largest absolute Gasteiger partial charge is 0.392 e. The maximum absolute atomic E-state index is 12.0. The highest BCUT2D eigenvalue weighted by Crippen LogP contribution is 2.31. The van der Waals surface area contributed by atoms with Gasteiger partial charge in [0.2, 0.25) is 0 Å². The lowest BCUT2D eigenvalue weighted by molar-refractivity contribution is 0.0634. The van der Waals surface area contributed by atoms with E-state index in [1.54, 1.807) is 6.07 Å². The van der Waals surface area contributed by atoms with Gasteiger partial charge in [-0.15, -0.1) is 11.3 Å². The Morgan fingerprint density at radius 1 is 1.59 bits per heavy atom. The quantitative estimate of drug-likeness (QED) is 0.871. The van der Waals surface area contributed by atoms with E-state index in [0.29, 0.717) is 27.3 Å². The van der Waals surface area contributed by atoms with E-state index in [1.165, 1.54) is 11.3 Å². The van der Waals surface area contributed by atoms with E-state index in [2.05, 4.69) is 0 Å². The monoisotopic (exact) mass is 293 g/mol. The van der Waals surface area contributed by atoms with Crippen LogP contribution in [0.2, 0.25) is 8.67 Å². The highest BCUT2D eigenvalue weighted by molar-refractivity contribution is 7.20. The van der Waals surface area contributed by atoms with Gasteiger partial charge in [-0.25, -0.2) is 0 Å². The molecule has 1 atom stereocenters. The summed E-state index contributed by atoms with van der Waals surface area (Å²) in [5.41, 5.74) is 0.488. The van der Waals surface area contributed by atoms with Gasteiger partial charge in [0.05, 0.1) is 22.5 Å². The van der Waals surface area contributed by atoms with Crippen molar-refractivity contribution in [3.8, 4) is 0 Å². The summed E-state index contributed by atoms with van der Waals surface area (Å²) in [7, 11) is 0. The molecule has 1 N–H and O–H groups in total. The third-order valence-electron chi connectivity index (χ3n) is 2.80. The van der Waals surface area contributed by atoms with Crippen molar-refractivity contribution in [2.75, 3.05) is 19.6 Å². The SMILES string of the molecule is O=C(CN1CCCC(O)C1)c1cc(Cl)sc1Cl. The summed E-state index contributed by atoms with van der Waals surface area (Å²) in [4.78, 5) is 14.0. The van der Waals surface area contributed by atoms with Crippen molar-refractivity contribution >= 4 is 40.3 Å². The average molecular weight is 294 g/mol. The lowest BCUT2D eigenvalue weighted by Crippen LogP contribution is -2.41. The molecule has 1 aromatic heterocycles. The van der Waals surface area contributed by atoms with Gasteiger partial charge in [0.1, 0.15) is 4.34 Å². The molecule has 6 heteroatoms. The zero-order valence-electron chi connectivity index (χ0n) is 9.16. The number of hydrogen-bond donors (Lipinski definition) is 1. The molecule has 1 aliphatic heterocycles. The van der Waals surface area contributed by atoms with E-state index < -0.39 is 0 Å². The Balaban J connectivity index is 1.99. The molecule has 1 unspecified atom stereocenters. The van der Waals surface area contributed by atoms with E-state index in [0.717, 1.165) is 19.4 Å². The normalized spacial score (nSPS) is 21.7. The predicted octanol–water partition coefficient (Wildman–Crippen LogP) is 2.69. The van der Waals surface area contributed by atoms with Crippen LogP contribution in [0, 0.1) is 0 Å². The Kier molecular flexibility index (Phi) is 4.44. The molecule has 0 spiro atoms. The number of aliphatic hydroxyl groups excluding tert-OH is 1. The first-order valence-corrected chi connectivity index (χ1v) is 7.02. The summed E-state index contributed by atoms with van der Waals surface area (Å²) >= 11 is 12.9. The number of carbonyl (C=O) groups is 1. The number of nitrogens with zero attached hydrogens (tertiary/aromatic N) is 1. The number of piperidine rings is 1. The van der Waals surface area contributed by atoms with Crippen LogP contribution < -0.4 is 0 Å². The Labute approximate surface area is 114 Å². The maximum Gasteiger partial charge on any atom is 0.179 e. The molecule has 1 aliphatic rings. The molecule has 0 aromatic carbocycles. The van der Waals surface area contributed by atoms with Crippen LogP contribution in [0.1, 0.15) is 23.2 Å². The topological polar surface area (TPSA) is 40.5 Å². The molecule has 0 radical (unpaired) electrons. The third kappa shape index (κ3) is 3.42. The van der Waals surface area contributed by atoms with Gasteiger partial charge in [0.15, 0.2) is 5.78 Å². The molecule has 2 rings (SSSR count). The summed E-state index contributed by atoms with van der Waals surface area (Å²) in [5, 5.41) is 9.52. The van der Waals surface area contributed by atoms with E-state index in [9.17, 15) is 9.90 Å². The third-order valence-corrected chi connectivity index (χ3v) is 4.29. The van der Waals surface area contributed by atoms with Crippen LogP contribution in [0.25, 0.3) is 0 Å². The number of likely N-dealkylation sites (tertiary alicyclic amines) is 1. The van der Waals surface area contributed by atoms with Gasteiger partial charge < -0.3 is 5.11 Å². The van der Waals surface area contributed by atoms with Gasteiger partial charge >= 0.3 is 0 Å². The maximum atomic E-state index is 12.0. The molecule has 0 amide bonds. The highest BCUT2D eigenvalue weighted by Gasteiger charge is 2.22. The van der Waals surface area contributed by atoms with Crippen molar-refractivity contribution in [2.45, 2.75) is 18.9 Å². The molecule has 0 bridgehead atoms. The molecule has 0 aliphatic carbocycles. The predicted molar refractivity (Wildman–Crippen MR) is 70.4 cm³/mol. The molecule has 0 saturated carbocycles. The summed E-state index contributed by atoms with van der Waals surface area (Å²) in [6, 6.07) is 1.61. The molecule has 1 aromatic rings. The Bertz CT molecular complexity index is 422. The summed E-state index contributed by atoms with van der Waals surface area (Å²) in [5.74, 6) is -0.0350. The Morgan fingerprint density at radius 3 is 2.94 bits per heavy atom. The number of carbonyl (C=O) groups excluding carboxylic acids is 1. The summed E-state index contributed by atoms with van der Waals surface area (Å²) in [6.45, 7) is 1.70. The van der Waals surface area contributed by atoms with Crippen molar-refractivity contribution in [1.29, 1.82) is 0 Å². The van der Waals surface area contributed by atoms with Gasteiger partial charge in [0.25, 0.3) is 0 Å². The molecule has 1 saturated heterocycles. The molecule has 17 heavy (non-hydrogen) atoms. The number of Topliss-reactive ketones (excluding diaryl/α,β-unsaturated/α-hetero) is 1. The number of ketones is 1. The zero-order valence-corrected chi connectivity index (χ0v) is 11.5. The minimum Gasteiger partial charge on any atom is -0.392 e. The Morgan fingerprint density at radius 2 is 2.35 bits per heavy atom. The van der Waals surface area contributed by atoms with Crippen molar-refractivity contribution in [2.24, 2.45) is 0 Å². The average Bonchev–Trinajstić information content (AvgIpc) is 2.58. The van der Waals surface area contributed by atoms with E-state index in [-0.39, 0.29) is 11.9 Å². The molecule has 2 heterocycles. The van der Waals surface area contributed by atoms with Gasteiger partial charge in [0, 0.05) is 6.54 Å². The number of rotatable bonds is 3. The lowest BCUT2D eigenvalue weighted by Gasteiger charge is -2.29. The number of halogens is 2. The van der Waals surface area contributed by atoms with Gasteiger partial charge in [-0.05, 0) is 25.5 Å². The molecule has 94 valence electrons. The highest BCUT2D eigenvalue weighted by atomic mass is 35.5. The number of aliphatic hydroxyl groups is 1. The molecular weight excluding hydrogens is 281 g/mol. The van der Waals surface area contributed by atoms with Crippen LogP contribution in [0.15, 0.2) is 6.07 Å². The number of thiophene rings is 1.